The fourth-order valence-corrected chi connectivity index (χ4v) is 3.91. The van der Waals surface area contributed by atoms with Crippen molar-refractivity contribution in [3.05, 3.63) is 36.0 Å². The number of unbranched alkanes of at least 4 members (excludes halogenated alkanes) is 1. The highest BCUT2D eigenvalue weighted by molar-refractivity contribution is 8.01. The summed E-state index contributed by atoms with van der Waals surface area (Å²) in [5, 5.41) is 15.0. The van der Waals surface area contributed by atoms with Gasteiger partial charge in [0.1, 0.15) is 5.75 Å². The smallest absolute Gasteiger partial charge is 0.279 e. The highest BCUT2D eigenvalue weighted by atomic mass is 32.2. The molecule has 0 spiro atoms. The number of thioether (sulfide) groups is 1. The number of carbonyl (C=O) groups is 1. The summed E-state index contributed by atoms with van der Waals surface area (Å²) in [6, 6.07) is 9.13. The molecular formula is C19H22N4O3S2. The summed E-state index contributed by atoms with van der Waals surface area (Å²) in [5.41, 5.74) is 1.01. The van der Waals surface area contributed by atoms with Crippen LogP contribution in [0.2, 0.25) is 0 Å². The molecule has 28 heavy (non-hydrogen) atoms. The number of aromatic nitrogens is 3. The van der Waals surface area contributed by atoms with Crippen molar-refractivity contribution < 1.29 is 14.1 Å². The number of rotatable bonds is 10. The van der Waals surface area contributed by atoms with Gasteiger partial charge < -0.3 is 9.26 Å². The van der Waals surface area contributed by atoms with Gasteiger partial charge in [0.2, 0.25) is 5.13 Å². The third-order valence-corrected chi connectivity index (χ3v) is 5.88. The van der Waals surface area contributed by atoms with E-state index in [-0.39, 0.29) is 11.6 Å². The van der Waals surface area contributed by atoms with E-state index in [0.717, 1.165) is 40.7 Å². The molecular weight excluding hydrogens is 396 g/mol. The van der Waals surface area contributed by atoms with E-state index in [1.54, 1.807) is 17.8 Å². The lowest BCUT2D eigenvalue weighted by Gasteiger charge is -2.05. The van der Waals surface area contributed by atoms with E-state index in [1.807, 2.05) is 24.3 Å². The van der Waals surface area contributed by atoms with Crippen LogP contribution in [0, 0.1) is 0 Å². The van der Waals surface area contributed by atoms with Crippen LogP contribution >= 0.6 is 23.1 Å². The molecule has 0 atom stereocenters. The Kier molecular flexibility index (Phi) is 7.44. The van der Waals surface area contributed by atoms with Crippen molar-refractivity contribution in [1.29, 1.82) is 0 Å². The van der Waals surface area contributed by atoms with E-state index in [4.69, 9.17) is 9.26 Å². The average Bonchev–Trinajstić information content (AvgIpc) is 3.37. The van der Waals surface area contributed by atoms with Gasteiger partial charge in [-0.25, -0.2) is 0 Å². The molecule has 0 radical (unpaired) electrons. The van der Waals surface area contributed by atoms with Gasteiger partial charge in [-0.15, -0.1) is 10.2 Å². The van der Waals surface area contributed by atoms with Crippen LogP contribution in [0.1, 0.15) is 43.6 Å². The van der Waals surface area contributed by atoms with Crippen LogP contribution < -0.4 is 10.1 Å². The summed E-state index contributed by atoms with van der Waals surface area (Å²) >= 11 is 2.97. The second-order valence-corrected chi connectivity index (χ2v) is 8.30. The van der Waals surface area contributed by atoms with Gasteiger partial charge in [0.05, 0.1) is 6.61 Å². The fourth-order valence-electron chi connectivity index (χ4n) is 2.24. The Morgan fingerprint density at radius 3 is 2.79 bits per heavy atom. The minimum Gasteiger partial charge on any atom is -0.494 e. The van der Waals surface area contributed by atoms with Crippen molar-refractivity contribution in [2.75, 3.05) is 17.7 Å². The van der Waals surface area contributed by atoms with E-state index >= 15 is 0 Å². The molecule has 0 fully saturated rings. The summed E-state index contributed by atoms with van der Waals surface area (Å²) in [4.78, 5) is 12.4. The molecule has 1 N–H and O–H groups in total. The Hall–Kier alpha value is -2.39. The molecule has 0 saturated carbocycles. The predicted molar refractivity (Wildman–Crippen MR) is 111 cm³/mol. The van der Waals surface area contributed by atoms with Crippen LogP contribution in [0.3, 0.4) is 0 Å². The monoisotopic (exact) mass is 418 g/mol. The molecule has 0 aliphatic carbocycles. The Bertz CT molecular complexity index is 893. The molecule has 3 rings (SSSR count). The van der Waals surface area contributed by atoms with Crippen LogP contribution in [0.4, 0.5) is 5.13 Å². The molecule has 2 heterocycles. The quantitative estimate of drug-likeness (QED) is 0.277. The summed E-state index contributed by atoms with van der Waals surface area (Å²) in [7, 11) is 0. The maximum absolute atomic E-state index is 12.4. The van der Waals surface area contributed by atoms with Gasteiger partial charge in [-0.2, -0.15) is 0 Å². The van der Waals surface area contributed by atoms with E-state index < -0.39 is 0 Å². The van der Waals surface area contributed by atoms with Gasteiger partial charge in [-0.05, 0) is 37.1 Å². The Balaban J connectivity index is 1.59. The van der Waals surface area contributed by atoms with Gasteiger partial charge in [0, 0.05) is 17.4 Å². The highest BCUT2D eigenvalue weighted by Crippen LogP contribution is 2.27. The van der Waals surface area contributed by atoms with Crippen molar-refractivity contribution in [3.8, 4) is 17.1 Å². The number of carbonyl (C=O) groups excluding carboxylic acids is 1. The first-order valence-corrected chi connectivity index (χ1v) is 11.0. The maximum atomic E-state index is 12.4. The Labute approximate surface area is 171 Å². The highest BCUT2D eigenvalue weighted by Gasteiger charge is 2.16. The first-order chi connectivity index (χ1) is 13.7. The SMILES string of the molecule is CCCCOc1ccc(-c2cc(C(=O)Nc3nnc(SCCC)s3)no2)cc1. The van der Waals surface area contributed by atoms with E-state index in [9.17, 15) is 4.79 Å². The molecule has 7 nitrogen and oxygen atoms in total. The number of hydrogen-bond acceptors (Lipinski definition) is 8. The number of ether oxygens (including phenoxy) is 1. The first kappa shape index (κ1) is 20.3. The van der Waals surface area contributed by atoms with Crippen LogP contribution in [-0.2, 0) is 0 Å². The van der Waals surface area contributed by atoms with Crippen LogP contribution in [0.5, 0.6) is 5.75 Å². The molecule has 9 heteroatoms. The molecule has 0 aliphatic rings. The Morgan fingerprint density at radius 2 is 2.04 bits per heavy atom. The fraction of sp³-hybridized carbons (Fsp3) is 0.368. The van der Waals surface area contributed by atoms with Crippen molar-refractivity contribution in [2.24, 2.45) is 0 Å². The second-order valence-electron chi connectivity index (χ2n) is 5.98. The zero-order valence-corrected chi connectivity index (χ0v) is 17.4. The topological polar surface area (TPSA) is 90.1 Å². The average molecular weight is 419 g/mol. The molecule has 148 valence electrons. The number of anilines is 1. The van der Waals surface area contributed by atoms with E-state index in [1.165, 1.54) is 11.3 Å². The van der Waals surface area contributed by atoms with Crippen molar-refractivity contribution in [3.63, 3.8) is 0 Å². The van der Waals surface area contributed by atoms with Crippen molar-refractivity contribution >= 4 is 34.1 Å². The van der Waals surface area contributed by atoms with Crippen LogP contribution in [0.15, 0.2) is 39.2 Å². The second kappa shape index (κ2) is 10.2. The minimum absolute atomic E-state index is 0.191. The number of nitrogens with one attached hydrogen (secondary N) is 1. The standard InChI is InChI=1S/C19H22N4O3S2/c1-3-5-10-25-14-8-6-13(7-9-14)16-12-15(23-26-16)17(24)20-18-21-22-19(28-18)27-11-4-2/h6-9,12H,3-5,10-11H2,1-2H3,(H,20,21,24). The third-order valence-electron chi connectivity index (χ3n) is 3.70. The van der Waals surface area contributed by atoms with E-state index in [0.29, 0.717) is 17.5 Å². The van der Waals surface area contributed by atoms with Gasteiger partial charge >= 0.3 is 0 Å². The molecule has 1 amide bonds. The predicted octanol–water partition coefficient (Wildman–Crippen LogP) is 5.13. The largest absolute Gasteiger partial charge is 0.494 e. The molecule has 0 unspecified atom stereocenters. The lowest BCUT2D eigenvalue weighted by molar-refractivity contribution is 0.101. The van der Waals surface area contributed by atoms with Gasteiger partial charge in [0.25, 0.3) is 5.91 Å². The molecule has 3 aromatic rings. The first-order valence-electron chi connectivity index (χ1n) is 9.17. The molecule has 0 bridgehead atoms. The van der Waals surface area contributed by atoms with Crippen molar-refractivity contribution in [2.45, 2.75) is 37.4 Å². The third kappa shape index (κ3) is 5.56. The normalized spacial score (nSPS) is 10.8. The van der Waals surface area contributed by atoms with Crippen molar-refractivity contribution in [1.82, 2.24) is 15.4 Å². The summed E-state index contributed by atoms with van der Waals surface area (Å²) in [6.45, 7) is 4.93. The minimum atomic E-state index is -0.377. The number of nitrogens with zero attached hydrogens (tertiary/aromatic N) is 3. The van der Waals surface area contributed by atoms with Crippen LogP contribution in [-0.4, -0.2) is 33.6 Å². The van der Waals surface area contributed by atoms with Gasteiger partial charge in [-0.1, -0.05) is 48.5 Å². The van der Waals surface area contributed by atoms with Crippen LogP contribution in [0.25, 0.3) is 11.3 Å². The molecule has 0 aliphatic heterocycles. The van der Waals surface area contributed by atoms with E-state index in [2.05, 4.69) is 34.5 Å². The zero-order valence-electron chi connectivity index (χ0n) is 15.8. The molecule has 2 aromatic heterocycles. The summed E-state index contributed by atoms with van der Waals surface area (Å²) in [6.07, 6.45) is 3.17. The number of hydrogen-bond donors (Lipinski definition) is 1. The number of amides is 1. The van der Waals surface area contributed by atoms with Gasteiger partial charge in [0.15, 0.2) is 15.8 Å². The number of benzene rings is 1. The summed E-state index contributed by atoms with van der Waals surface area (Å²) < 4.78 is 11.8. The zero-order chi connectivity index (χ0) is 19.8. The summed E-state index contributed by atoms with van der Waals surface area (Å²) in [5.74, 6) is 1.92. The lowest BCUT2D eigenvalue weighted by atomic mass is 10.1. The maximum Gasteiger partial charge on any atom is 0.279 e. The molecule has 0 saturated heterocycles. The molecule has 1 aromatic carbocycles. The van der Waals surface area contributed by atoms with Gasteiger partial charge in [-0.3, -0.25) is 10.1 Å². The lowest BCUT2D eigenvalue weighted by Crippen LogP contribution is -2.11. The Morgan fingerprint density at radius 1 is 1.21 bits per heavy atom.